The van der Waals surface area contributed by atoms with E-state index in [1.54, 1.807) is 30.0 Å². The zero-order valence-electron chi connectivity index (χ0n) is 15.6. The Morgan fingerprint density at radius 2 is 1.66 bits per heavy atom. The minimum absolute atomic E-state index is 0.174. The first kappa shape index (κ1) is 18.8. The number of para-hydroxylation sites is 1. The van der Waals surface area contributed by atoms with Crippen LogP contribution in [-0.2, 0) is 12.3 Å². The van der Waals surface area contributed by atoms with Gasteiger partial charge in [0, 0.05) is 5.75 Å². The van der Waals surface area contributed by atoms with Crippen molar-refractivity contribution in [2.75, 3.05) is 0 Å². The summed E-state index contributed by atoms with van der Waals surface area (Å²) in [4.78, 5) is 0. The fourth-order valence-corrected chi connectivity index (χ4v) is 3.93. The molecule has 0 aliphatic heterocycles. The van der Waals surface area contributed by atoms with Gasteiger partial charge >= 0.3 is 0 Å². The highest BCUT2D eigenvalue weighted by Gasteiger charge is 2.17. The van der Waals surface area contributed by atoms with Crippen molar-refractivity contribution in [3.05, 3.63) is 95.6 Å². The predicted octanol–water partition coefficient (Wildman–Crippen LogP) is 4.86. The number of rotatable bonds is 6. The van der Waals surface area contributed by atoms with Crippen LogP contribution >= 0.6 is 11.8 Å². The Kier molecular flexibility index (Phi) is 5.59. The van der Waals surface area contributed by atoms with Crippen LogP contribution in [0, 0.1) is 11.3 Å². The van der Waals surface area contributed by atoms with Crippen LogP contribution in [0.15, 0.2) is 84.0 Å². The molecule has 3 aromatic carbocycles. The van der Waals surface area contributed by atoms with Gasteiger partial charge in [0.1, 0.15) is 5.75 Å². The van der Waals surface area contributed by atoms with Crippen molar-refractivity contribution in [2.24, 2.45) is 0 Å². The lowest BCUT2D eigenvalue weighted by Gasteiger charge is -2.11. The summed E-state index contributed by atoms with van der Waals surface area (Å²) in [5.41, 5.74) is 3.46. The molecule has 0 aliphatic carbocycles. The molecule has 0 spiro atoms. The van der Waals surface area contributed by atoms with E-state index in [0.717, 1.165) is 16.3 Å². The number of hydrogen-bond acceptors (Lipinski definition) is 5. The van der Waals surface area contributed by atoms with Crippen LogP contribution in [-0.4, -0.2) is 19.9 Å². The summed E-state index contributed by atoms with van der Waals surface area (Å²) in [5.74, 6) is 1.47. The van der Waals surface area contributed by atoms with Crippen molar-refractivity contribution in [1.29, 1.82) is 5.26 Å². The minimum atomic E-state index is 0.174. The Morgan fingerprint density at radius 3 is 2.45 bits per heavy atom. The molecule has 142 valence electrons. The topological polar surface area (TPSA) is 74.7 Å². The molecular formula is C23H18N4OS. The van der Waals surface area contributed by atoms with Gasteiger partial charge in [-0.15, -0.1) is 10.2 Å². The Labute approximate surface area is 173 Å². The van der Waals surface area contributed by atoms with Crippen molar-refractivity contribution in [2.45, 2.75) is 17.5 Å². The molecule has 5 nitrogen and oxygen atoms in total. The number of hydrogen-bond donors (Lipinski definition) is 1. The normalized spacial score (nSPS) is 10.6. The molecular weight excluding hydrogens is 380 g/mol. The standard InChI is InChI=1S/C23H18N4OS/c24-14-18-9-6-10-19(13-18)16-29-23-26-25-22(20-11-4-5-12-21(20)28)27(23)15-17-7-2-1-3-8-17/h1-13,28H,15-16H2. The van der Waals surface area contributed by atoms with Crippen molar-refractivity contribution in [3.8, 4) is 23.2 Å². The summed E-state index contributed by atoms with van der Waals surface area (Å²) in [7, 11) is 0. The van der Waals surface area contributed by atoms with Gasteiger partial charge in [0.15, 0.2) is 11.0 Å². The van der Waals surface area contributed by atoms with Gasteiger partial charge in [-0.1, -0.05) is 66.4 Å². The first-order chi connectivity index (χ1) is 14.2. The highest BCUT2D eigenvalue weighted by atomic mass is 32.2. The molecule has 1 N–H and O–H groups in total. The summed E-state index contributed by atoms with van der Waals surface area (Å²) < 4.78 is 2.02. The van der Waals surface area contributed by atoms with Gasteiger partial charge in [0.05, 0.1) is 23.7 Å². The Balaban J connectivity index is 1.68. The number of thioether (sulfide) groups is 1. The van der Waals surface area contributed by atoms with E-state index in [2.05, 4.69) is 28.4 Å². The van der Waals surface area contributed by atoms with Crippen LogP contribution in [0.5, 0.6) is 5.75 Å². The van der Waals surface area contributed by atoms with Crippen LogP contribution in [0.3, 0.4) is 0 Å². The lowest BCUT2D eigenvalue weighted by molar-refractivity contribution is 0.476. The predicted molar refractivity (Wildman–Crippen MR) is 113 cm³/mol. The number of phenols is 1. The maximum absolute atomic E-state index is 10.3. The van der Waals surface area contributed by atoms with E-state index in [0.29, 0.717) is 29.2 Å². The third kappa shape index (κ3) is 4.31. The number of aromatic hydroxyl groups is 1. The van der Waals surface area contributed by atoms with E-state index in [1.807, 2.05) is 53.1 Å². The van der Waals surface area contributed by atoms with E-state index in [-0.39, 0.29) is 5.75 Å². The van der Waals surface area contributed by atoms with Gasteiger partial charge in [-0.3, -0.25) is 4.57 Å². The lowest BCUT2D eigenvalue weighted by atomic mass is 10.1. The van der Waals surface area contributed by atoms with E-state index in [4.69, 9.17) is 5.26 Å². The van der Waals surface area contributed by atoms with Crippen molar-refractivity contribution in [1.82, 2.24) is 14.8 Å². The maximum atomic E-state index is 10.3. The van der Waals surface area contributed by atoms with Crippen molar-refractivity contribution < 1.29 is 5.11 Å². The molecule has 0 saturated carbocycles. The van der Waals surface area contributed by atoms with Gasteiger partial charge in [0.2, 0.25) is 0 Å². The molecule has 6 heteroatoms. The maximum Gasteiger partial charge on any atom is 0.192 e. The van der Waals surface area contributed by atoms with Crippen molar-refractivity contribution >= 4 is 11.8 Å². The summed E-state index contributed by atoms with van der Waals surface area (Å²) in [6.45, 7) is 0.595. The van der Waals surface area contributed by atoms with Gasteiger partial charge in [-0.2, -0.15) is 5.26 Å². The summed E-state index contributed by atoms with van der Waals surface area (Å²) >= 11 is 1.56. The molecule has 0 unspecified atom stereocenters. The summed E-state index contributed by atoms with van der Waals surface area (Å²) in [6.07, 6.45) is 0. The van der Waals surface area contributed by atoms with E-state index in [9.17, 15) is 5.11 Å². The average Bonchev–Trinajstić information content (AvgIpc) is 3.15. The molecule has 0 radical (unpaired) electrons. The molecule has 1 heterocycles. The second-order valence-corrected chi connectivity index (χ2v) is 7.44. The number of nitrogens with zero attached hydrogens (tertiary/aromatic N) is 4. The Hall–Kier alpha value is -3.56. The fraction of sp³-hybridized carbons (Fsp3) is 0.0870. The van der Waals surface area contributed by atoms with Gasteiger partial charge in [0.25, 0.3) is 0 Å². The molecule has 0 amide bonds. The number of nitriles is 1. The number of aromatic nitrogens is 3. The van der Waals surface area contributed by atoms with Gasteiger partial charge < -0.3 is 5.11 Å². The quantitative estimate of drug-likeness (QED) is 0.469. The summed E-state index contributed by atoms with van der Waals surface area (Å²) in [6, 6.07) is 27.0. The molecule has 1 aromatic heterocycles. The fourth-order valence-electron chi connectivity index (χ4n) is 3.04. The second kappa shape index (κ2) is 8.63. The van der Waals surface area contributed by atoms with Crippen LogP contribution in [0.1, 0.15) is 16.7 Å². The zero-order chi connectivity index (χ0) is 20.1. The summed E-state index contributed by atoms with van der Waals surface area (Å²) in [5, 5.41) is 28.9. The molecule has 4 aromatic rings. The lowest BCUT2D eigenvalue weighted by Crippen LogP contribution is -2.04. The zero-order valence-corrected chi connectivity index (χ0v) is 16.4. The third-order valence-electron chi connectivity index (χ3n) is 4.47. The monoisotopic (exact) mass is 398 g/mol. The molecule has 0 bridgehead atoms. The smallest absolute Gasteiger partial charge is 0.192 e. The molecule has 0 saturated heterocycles. The van der Waals surface area contributed by atoms with Crippen LogP contribution in [0.25, 0.3) is 11.4 Å². The molecule has 29 heavy (non-hydrogen) atoms. The molecule has 0 fully saturated rings. The number of phenolic OH excluding ortho intramolecular Hbond substituents is 1. The second-order valence-electron chi connectivity index (χ2n) is 6.50. The van der Waals surface area contributed by atoms with Crippen LogP contribution in [0.4, 0.5) is 0 Å². The molecule has 0 aliphatic rings. The Morgan fingerprint density at radius 1 is 0.897 bits per heavy atom. The average molecular weight is 398 g/mol. The van der Waals surface area contributed by atoms with E-state index >= 15 is 0 Å². The highest BCUT2D eigenvalue weighted by Crippen LogP contribution is 2.31. The van der Waals surface area contributed by atoms with Gasteiger partial charge in [-0.25, -0.2) is 0 Å². The van der Waals surface area contributed by atoms with E-state index < -0.39 is 0 Å². The molecule has 4 rings (SSSR count). The first-order valence-corrected chi connectivity index (χ1v) is 10.1. The Bertz CT molecular complexity index is 1160. The highest BCUT2D eigenvalue weighted by molar-refractivity contribution is 7.98. The number of benzene rings is 3. The molecule has 0 atom stereocenters. The SMILES string of the molecule is N#Cc1cccc(CSc2nnc(-c3ccccc3O)n2Cc2ccccc2)c1. The largest absolute Gasteiger partial charge is 0.507 e. The van der Waals surface area contributed by atoms with Gasteiger partial charge in [-0.05, 0) is 35.4 Å². The third-order valence-corrected chi connectivity index (χ3v) is 5.51. The van der Waals surface area contributed by atoms with Crippen LogP contribution < -0.4 is 0 Å². The first-order valence-electron chi connectivity index (χ1n) is 9.12. The van der Waals surface area contributed by atoms with E-state index in [1.165, 1.54) is 0 Å². The minimum Gasteiger partial charge on any atom is -0.507 e. The van der Waals surface area contributed by atoms with Crippen LogP contribution in [0.2, 0.25) is 0 Å². The van der Waals surface area contributed by atoms with Crippen molar-refractivity contribution in [3.63, 3.8) is 0 Å².